The molecule has 0 aliphatic carbocycles. The molecule has 0 bridgehead atoms. The van der Waals surface area contributed by atoms with Crippen LogP contribution in [0.2, 0.25) is 0 Å². The van der Waals surface area contributed by atoms with Gasteiger partial charge in [-0.05, 0) is 36.4 Å². The lowest BCUT2D eigenvalue weighted by Crippen LogP contribution is -2.15. The monoisotopic (exact) mass is 344 g/mol. The Kier molecular flexibility index (Phi) is 5.03. The number of rotatable bonds is 6. The summed E-state index contributed by atoms with van der Waals surface area (Å²) in [5.74, 6) is -1.38. The number of benzene rings is 2. The van der Waals surface area contributed by atoms with Crippen molar-refractivity contribution in [2.24, 2.45) is 0 Å². The second-order valence-corrected chi connectivity index (χ2v) is 5.04. The molecule has 0 spiro atoms. The average molecular weight is 344 g/mol. The lowest BCUT2D eigenvalue weighted by molar-refractivity contribution is 0.0439. The fourth-order valence-electron chi connectivity index (χ4n) is 2.18. The van der Waals surface area contributed by atoms with Gasteiger partial charge >= 0.3 is 5.97 Å². The second-order valence-electron chi connectivity index (χ2n) is 5.04. The Balaban J connectivity index is 1.58. The molecule has 0 amide bonds. The van der Waals surface area contributed by atoms with Crippen LogP contribution in [0.25, 0.3) is 5.69 Å². The lowest BCUT2D eigenvalue weighted by Gasteiger charge is -2.09. The zero-order valence-corrected chi connectivity index (χ0v) is 13.1. The van der Waals surface area contributed by atoms with E-state index >= 15 is 0 Å². The Hall–Kier alpha value is -3.22. The maximum Gasteiger partial charge on any atom is 0.357 e. The Labute approximate surface area is 142 Å². The van der Waals surface area contributed by atoms with Crippen LogP contribution in [-0.4, -0.2) is 28.7 Å². The van der Waals surface area contributed by atoms with Crippen LogP contribution in [0, 0.1) is 11.6 Å². The molecular weight excluding hydrogens is 330 g/mol. The number of para-hydroxylation sites is 1. The number of imidazole rings is 1. The molecule has 0 saturated heterocycles. The van der Waals surface area contributed by atoms with Crippen molar-refractivity contribution in [2.75, 3.05) is 13.2 Å². The number of carbonyl (C=O) groups excluding carboxylic acids is 1. The first-order valence-electron chi connectivity index (χ1n) is 7.48. The highest BCUT2D eigenvalue weighted by Gasteiger charge is 2.14. The zero-order chi connectivity index (χ0) is 17.6. The first-order valence-corrected chi connectivity index (χ1v) is 7.48. The standard InChI is InChI=1S/C18H14F2N2O3/c19-13-5-7-14(8-6-13)22-12-21-11-16(22)18(23)25-10-9-24-17-4-2-1-3-15(17)20/h1-8,11-12H,9-10H2. The third kappa shape index (κ3) is 4.00. The number of carbonyl (C=O) groups is 1. The molecule has 0 atom stereocenters. The topological polar surface area (TPSA) is 53.4 Å². The summed E-state index contributed by atoms with van der Waals surface area (Å²) in [7, 11) is 0. The van der Waals surface area contributed by atoms with Gasteiger partial charge in [-0.15, -0.1) is 0 Å². The van der Waals surface area contributed by atoms with Crippen molar-refractivity contribution in [2.45, 2.75) is 0 Å². The van der Waals surface area contributed by atoms with E-state index in [1.165, 1.54) is 53.5 Å². The third-order valence-corrected chi connectivity index (χ3v) is 3.36. The summed E-state index contributed by atoms with van der Waals surface area (Å²) in [5, 5.41) is 0. The van der Waals surface area contributed by atoms with Gasteiger partial charge in [-0.3, -0.25) is 4.57 Å². The minimum absolute atomic E-state index is 0.0113. The fourth-order valence-corrected chi connectivity index (χ4v) is 2.18. The van der Waals surface area contributed by atoms with Crippen LogP contribution < -0.4 is 4.74 Å². The van der Waals surface area contributed by atoms with Crippen LogP contribution in [0.15, 0.2) is 61.1 Å². The smallest absolute Gasteiger partial charge is 0.357 e. The highest BCUT2D eigenvalue weighted by molar-refractivity contribution is 5.88. The maximum absolute atomic E-state index is 13.4. The molecule has 1 aromatic heterocycles. The van der Waals surface area contributed by atoms with E-state index in [9.17, 15) is 13.6 Å². The van der Waals surface area contributed by atoms with Crippen LogP contribution >= 0.6 is 0 Å². The van der Waals surface area contributed by atoms with Gasteiger partial charge in [-0.1, -0.05) is 12.1 Å². The molecule has 2 aromatic carbocycles. The van der Waals surface area contributed by atoms with Gasteiger partial charge in [0.05, 0.1) is 12.5 Å². The molecule has 5 nitrogen and oxygen atoms in total. The van der Waals surface area contributed by atoms with Crippen molar-refractivity contribution in [1.29, 1.82) is 0 Å². The van der Waals surface area contributed by atoms with E-state index in [-0.39, 0.29) is 30.5 Å². The Morgan fingerprint density at radius 2 is 1.80 bits per heavy atom. The van der Waals surface area contributed by atoms with Crippen molar-refractivity contribution < 1.29 is 23.0 Å². The summed E-state index contributed by atoms with van der Waals surface area (Å²) in [4.78, 5) is 16.1. The molecule has 25 heavy (non-hydrogen) atoms. The number of aromatic nitrogens is 2. The molecule has 0 radical (unpaired) electrons. The Morgan fingerprint density at radius 1 is 1.04 bits per heavy atom. The first kappa shape index (κ1) is 16.6. The summed E-state index contributed by atoms with van der Waals surface area (Å²) in [6, 6.07) is 11.6. The minimum atomic E-state index is -0.612. The second kappa shape index (κ2) is 7.57. The molecule has 0 fully saturated rings. The average Bonchev–Trinajstić information content (AvgIpc) is 3.10. The van der Waals surface area contributed by atoms with E-state index in [1.54, 1.807) is 12.1 Å². The lowest BCUT2D eigenvalue weighted by atomic mass is 10.3. The molecule has 7 heteroatoms. The molecule has 0 N–H and O–H groups in total. The van der Waals surface area contributed by atoms with Gasteiger partial charge in [-0.25, -0.2) is 18.6 Å². The van der Waals surface area contributed by atoms with Crippen LogP contribution in [0.3, 0.4) is 0 Å². The number of halogens is 2. The van der Waals surface area contributed by atoms with Gasteiger partial charge in [0.25, 0.3) is 0 Å². The number of hydrogen-bond acceptors (Lipinski definition) is 4. The molecule has 0 unspecified atom stereocenters. The van der Waals surface area contributed by atoms with Crippen LogP contribution in [-0.2, 0) is 4.74 Å². The van der Waals surface area contributed by atoms with Crippen LogP contribution in [0.1, 0.15) is 10.5 Å². The highest BCUT2D eigenvalue weighted by Crippen LogP contribution is 2.15. The van der Waals surface area contributed by atoms with E-state index < -0.39 is 11.8 Å². The van der Waals surface area contributed by atoms with Gasteiger partial charge in [0.1, 0.15) is 19.0 Å². The number of ether oxygens (including phenoxy) is 2. The predicted octanol–water partition coefficient (Wildman–Crippen LogP) is 3.39. The van der Waals surface area contributed by atoms with Gasteiger partial charge < -0.3 is 9.47 Å². The molecule has 3 aromatic rings. The zero-order valence-electron chi connectivity index (χ0n) is 13.1. The van der Waals surface area contributed by atoms with Crippen molar-refractivity contribution in [3.63, 3.8) is 0 Å². The summed E-state index contributed by atoms with van der Waals surface area (Å²) < 4.78 is 38.2. The molecule has 3 rings (SSSR count). The molecule has 128 valence electrons. The van der Waals surface area contributed by atoms with E-state index in [4.69, 9.17) is 9.47 Å². The molecule has 0 aliphatic rings. The van der Waals surface area contributed by atoms with Crippen LogP contribution in [0.5, 0.6) is 5.75 Å². The van der Waals surface area contributed by atoms with Gasteiger partial charge in [0, 0.05) is 5.69 Å². The predicted molar refractivity (Wildman–Crippen MR) is 85.7 cm³/mol. The summed E-state index contributed by atoms with van der Waals surface area (Å²) in [6.07, 6.45) is 2.78. The Bertz CT molecular complexity index is 863. The van der Waals surface area contributed by atoms with E-state index in [1.807, 2.05) is 0 Å². The van der Waals surface area contributed by atoms with Gasteiger partial charge in [0.2, 0.25) is 0 Å². The fraction of sp³-hybridized carbons (Fsp3) is 0.111. The number of esters is 1. The van der Waals surface area contributed by atoms with Gasteiger partial charge in [-0.2, -0.15) is 0 Å². The van der Waals surface area contributed by atoms with E-state index in [0.717, 1.165) is 0 Å². The van der Waals surface area contributed by atoms with Crippen molar-refractivity contribution >= 4 is 5.97 Å². The normalized spacial score (nSPS) is 10.5. The Morgan fingerprint density at radius 3 is 2.56 bits per heavy atom. The molecule has 0 saturated carbocycles. The quantitative estimate of drug-likeness (QED) is 0.508. The number of nitrogens with zero attached hydrogens (tertiary/aromatic N) is 2. The largest absolute Gasteiger partial charge is 0.487 e. The van der Waals surface area contributed by atoms with Gasteiger partial charge in [0.15, 0.2) is 17.3 Å². The molecule has 1 heterocycles. The van der Waals surface area contributed by atoms with E-state index in [2.05, 4.69) is 4.98 Å². The summed E-state index contributed by atoms with van der Waals surface area (Å²) in [5.41, 5.74) is 0.769. The molecular formula is C18H14F2N2O3. The van der Waals surface area contributed by atoms with E-state index in [0.29, 0.717) is 5.69 Å². The number of hydrogen-bond donors (Lipinski definition) is 0. The van der Waals surface area contributed by atoms with Crippen molar-refractivity contribution in [3.8, 4) is 11.4 Å². The first-order chi connectivity index (χ1) is 12.1. The summed E-state index contributed by atoms with van der Waals surface area (Å²) in [6.45, 7) is -0.0425. The highest BCUT2D eigenvalue weighted by atomic mass is 19.1. The third-order valence-electron chi connectivity index (χ3n) is 3.36. The summed E-state index contributed by atoms with van der Waals surface area (Å²) >= 11 is 0. The maximum atomic E-state index is 13.4. The van der Waals surface area contributed by atoms with Crippen LogP contribution in [0.4, 0.5) is 8.78 Å². The minimum Gasteiger partial charge on any atom is -0.487 e. The van der Waals surface area contributed by atoms with Crippen molar-refractivity contribution in [1.82, 2.24) is 9.55 Å². The molecule has 0 aliphatic heterocycles. The SMILES string of the molecule is O=C(OCCOc1ccccc1F)c1cncn1-c1ccc(F)cc1. The van der Waals surface area contributed by atoms with Crippen molar-refractivity contribution in [3.05, 3.63) is 78.4 Å².